The van der Waals surface area contributed by atoms with Crippen molar-refractivity contribution >= 4 is 5.91 Å². The fourth-order valence-corrected chi connectivity index (χ4v) is 2.54. The molecule has 0 fully saturated rings. The van der Waals surface area contributed by atoms with Gasteiger partial charge in [-0.25, -0.2) is 0 Å². The van der Waals surface area contributed by atoms with Crippen molar-refractivity contribution in [2.75, 3.05) is 0 Å². The second-order valence-corrected chi connectivity index (χ2v) is 5.92. The summed E-state index contributed by atoms with van der Waals surface area (Å²) >= 11 is 0. The Labute approximate surface area is 138 Å². The quantitative estimate of drug-likeness (QED) is 0.862. The van der Waals surface area contributed by atoms with Crippen molar-refractivity contribution in [1.29, 1.82) is 0 Å². The minimum absolute atomic E-state index is 0.0412. The number of hydrogen-bond donors (Lipinski definition) is 1. The van der Waals surface area contributed by atoms with Gasteiger partial charge in [0.15, 0.2) is 6.10 Å². The Morgan fingerprint density at radius 3 is 2.43 bits per heavy atom. The molecule has 0 radical (unpaired) electrons. The Morgan fingerprint density at radius 2 is 1.83 bits per heavy atom. The lowest BCUT2D eigenvalue weighted by Gasteiger charge is -2.21. The molecule has 2 aromatic carbocycles. The number of carbonyl (C=O) groups is 1. The van der Waals surface area contributed by atoms with Crippen molar-refractivity contribution in [3.8, 4) is 5.75 Å². The van der Waals surface area contributed by atoms with Crippen LogP contribution in [0, 0.1) is 13.8 Å². The van der Waals surface area contributed by atoms with Crippen molar-refractivity contribution in [3.63, 3.8) is 0 Å². The van der Waals surface area contributed by atoms with E-state index in [-0.39, 0.29) is 11.9 Å². The second-order valence-electron chi connectivity index (χ2n) is 5.92. The average molecular weight is 311 g/mol. The number of ether oxygens (including phenoxy) is 1. The molecule has 122 valence electrons. The molecule has 0 aliphatic heterocycles. The molecular weight excluding hydrogens is 286 g/mol. The van der Waals surface area contributed by atoms with Crippen LogP contribution in [0.15, 0.2) is 48.5 Å². The normalized spacial score (nSPS) is 13.2. The molecule has 2 atom stereocenters. The molecule has 0 aromatic heterocycles. The number of benzene rings is 2. The molecule has 0 heterocycles. The van der Waals surface area contributed by atoms with Crippen LogP contribution in [-0.4, -0.2) is 12.0 Å². The Morgan fingerprint density at radius 1 is 1.13 bits per heavy atom. The topological polar surface area (TPSA) is 38.3 Å². The zero-order valence-electron chi connectivity index (χ0n) is 14.3. The number of aryl methyl sites for hydroxylation is 2. The lowest BCUT2D eigenvalue weighted by Crippen LogP contribution is -2.39. The maximum Gasteiger partial charge on any atom is 0.261 e. The highest BCUT2D eigenvalue weighted by Gasteiger charge is 2.21. The molecule has 0 saturated carbocycles. The van der Waals surface area contributed by atoms with Crippen LogP contribution < -0.4 is 10.1 Å². The van der Waals surface area contributed by atoms with E-state index in [1.54, 1.807) is 0 Å². The van der Waals surface area contributed by atoms with Gasteiger partial charge in [0.2, 0.25) is 0 Å². The van der Waals surface area contributed by atoms with Gasteiger partial charge in [-0.15, -0.1) is 0 Å². The van der Waals surface area contributed by atoms with Gasteiger partial charge in [-0.05, 0) is 44.4 Å². The number of carbonyl (C=O) groups excluding carboxylic acids is 1. The van der Waals surface area contributed by atoms with Crippen LogP contribution >= 0.6 is 0 Å². The van der Waals surface area contributed by atoms with Crippen LogP contribution in [-0.2, 0) is 4.79 Å². The molecule has 0 bridgehead atoms. The van der Waals surface area contributed by atoms with Gasteiger partial charge in [0.05, 0.1) is 6.04 Å². The lowest BCUT2D eigenvalue weighted by molar-refractivity contribution is -0.128. The zero-order chi connectivity index (χ0) is 16.8. The molecule has 0 unspecified atom stereocenters. The van der Waals surface area contributed by atoms with E-state index in [0.29, 0.717) is 6.42 Å². The van der Waals surface area contributed by atoms with Crippen molar-refractivity contribution < 1.29 is 9.53 Å². The predicted molar refractivity (Wildman–Crippen MR) is 93.6 cm³/mol. The smallest absolute Gasteiger partial charge is 0.261 e. The van der Waals surface area contributed by atoms with E-state index < -0.39 is 6.10 Å². The Kier molecular flexibility index (Phi) is 5.80. The number of hydrogen-bond acceptors (Lipinski definition) is 2. The molecule has 2 aromatic rings. The molecule has 1 amide bonds. The highest BCUT2D eigenvalue weighted by molar-refractivity contribution is 5.81. The van der Waals surface area contributed by atoms with Gasteiger partial charge in [-0.2, -0.15) is 0 Å². The van der Waals surface area contributed by atoms with Crippen molar-refractivity contribution in [3.05, 3.63) is 65.2 Å². The summed E-state index contributed by atoms with van der Waals surface area (Å²) < 4.78 is 5.94. The van der Waals surface area contributed by atoms with Crippen molar-refractivity contribution in [2.45, 2.75) is 46.3 Å². The van der Waals surface area contributed by atoms with Crippen molar-refractivity contribution in [2.24, 2.45) is 0 Å². The lowest BCUT2D eigenvalue weighted by atomic mass is 10.1. The first kappa shape index (κ1) is 17.1. The molecule has 23 heavy (non-hydrogen) atoms. The van der Waals surface area contributed by atoms with E-state index in [0.717, 1.165) is 16.9 Å². The summed E-state index contributed by atoms with van der Waals surface area (Å²) in [5.41, 5.74) is 3.32. The highest BCUT2D eigenvalue weighted by atomic mass is 16.5. The third kappa shape index (κ3) is 4.59. The molecule has 0 aliphatic carbocycles. The first-order chi connectivity index (χ1) is 11.0. The maximum atomic E-state index is 12.5. The standard InChI is InChI=1S/C20H25NO2/c1-5-18(23-19-12-11-14(2)13-15(19)3)20(22)21-16(4)17-9-7-6-8-10-17/h6-13,16,18H,5H2,1-4H3,(H,21,22)/t16-,18+/m0/s1. The maximum absolute atomic E-state index is 12.5. The van der Waals surface area contributed by atoms with Gasteiger partial charge >= 0.3 is 0 Å². The molecule has 0 aliphatic rings. The first-order valence-corrected chi connectivity index (χ1v) is 8.10. The van der Waals surface area contributed by atoms with E-state index in [2.05, 4.69) is 11.4 Å². The number of rotatable bonds is 6. The number of amides is 1. The molecular formula is C20H25NO2. The summed E-state index contributed by atoms with van der Waals surface area (Å²) in [4.78, 5) is 12.5. The first-order valence-electron chi connectivity index (χ1n) is 8.10. The van der Waals surface area contributed by atoms with E-state index in [4.69, 9.17) is 4.74 Å². The summed E-state index contributed by atoms with van der Waals surface area (Å²) in [5.74, 6) is 0.689. The van der Waals surface area contributed by atoms with E-state index in [9.17, 15) is 4.79 Å². The highest BCUT2D eigenvalue weighted by Crippen LogP contribution is 2.21. The Balaban J connectivity index is 2.03. The zero-order valence-corrected chi connectivity index (χ0v) is 14.3. The molecule has 3 heteroatoms. The van der Waals surface area contributed by atoms with Crippen LogP contribution in [0.25, 0.3) is 0 Å². The van der Waals surface area contributed by atoms with Gasteiger partial charge in [-0.3, -0.25) is 4.79 Å². The van der Waals surface area contributed by atoms with Crippen LogP contribution in [0.2, 0.25) is 0 Å². The Hall–Kier alpha value is -2.29. The van der Waals surface area contributed by atoms with E-state index >= 15 is 0 Å². The Bertz CT molecular complexity index is 652. The van der Waals surface area contributed by atoms with Gasteiger partial charge < -0.3 is 10.1 Å². The summed E-state index contributed by atoms with van der Waals surface area (Å²) in [6.07, 6.45) is 0.142. The molecule has 2 rings (SSSR count). The minimum Gasteiger partial charge on any atom is -0.480 e. The fourth-order valence-electron chi connectivity index (χ4n) is 2.54. The van der Waals surface area contributed by atoms with Crippen molar-refractivity contribution in [1.82, 2.24) is 5.32 Å². The molecule has 1 N–H and O–H groups in total. The van der Waals surface area contributed by atoms with Crippen LogP contribution in [0.4, 0.5) is 0 Å². The fraction of sp³-hybridized carbons (Fsp3) is 0.350. The molecule has 3 nitrogen and oxygen atoms in total. The van der Waals surface area contributed by atoms with Gasteiger partial charge in [0.1, 0.15) is 5.75 Å². The third-order valence-corrected chi connectivity index (χ3v) is 3.92. The van der Waals surface area contributed by atoms with Crippen LogP contribution in [0.3, 0.4) is 0 Å². The third-order valence-electron chi connectivity index (χ3n) is 3.92. The number of nitrogens with one attached hydrogen (secondary N) is 1. The second kappa shape index (κ2) is 7.82. The summed E-state index contributed by atoms with van der Waals surface area (Å²) in [6.45, 7) is 7.99. The molecule has 0 saturated heterocycles. The van der Waals surface area contributed by atoms with Gasteiger partial charge in [0, 0.05) is 0 Å². The van der Waals surface area contributed by atoms with Gasteiger partial charge in [-0.1, -0.05) is 55.0 Å². The SMILES string of the molecule is CC[C@@H](Oc1ccc(C)cc1C)C(=O)N[C@@H](C)c1ccccc1. The van der Waals surface area contributed by atoms with E-state index in [1.807, 2.05) is 70.2 Å². The average Bonchev–Trinajstić information content (AvgIpc) is 2.54. The monoisotopic (exact) mass is 311 g/mol. The van der Waals surface area contributed by atoms with Gasteiger partial charge in [0.25, 0.3) is 5.91 Å². The van der Waals surface area contributed by atoms with E-state index in [1.165, 1.54) is 5.56 Å². The summed E-state index contributed by atoms with van der Waals surface area (Å²) in [6, 6.07) is 15.9. The molecule has 0 spiro atoms. The van der Waals surface area contributed by atoms with Crippen LogP contribution in [0.5, 0.6) is 5.75 Å². The summed E-state index contributed by atoms with van der Waals surface area (Å²) in [7, 11) is 0. The van der Waals surface area contributed by atoms with Crippen LogP contribution in [0.1, 0.15) is 43.0 Å². The summed E-state index contributed by atoms with van der Waals surface area (Å²) in [5, 5.41) is 3.03. The minimum atomic E-state index is -0.484. The predicted octanol–water partition coefficient (Wildman–Crippen LogP) is 4.34. The largest absolute Gasteiger partial charge is 0.480 e.